The van der Waals surface area contributed by atoms with Gasteiger partial charge in [-0.15, -0.1) is 22.7 Å². The first-order valence-corrected chi connectivity index (χ1v) is 10.1. The first-order valence-electron chi connectivity index (χ1n) is 8.48. The molecule has 4 rings (SSSR count). The van der Waals surface area contributed by atoms with E-state index in [-0.39, 0.29) is 6.54 Å². The maximum atomic E-state index is 12.5. The van der Waals surface area contributed by atoms with Gasteiger partial charge in [-0.05, 0) is 24.3 Å². The highest BCUT2D eigenvalue weighted by Gasteiger charge is 2.20. The molecule has 28 heavy (non-hydrogen) atoms. The molecule has 0 N–H and O–H groups in total. The molecule has 138 valence electrons. The summed E-state index contributed by atoms with van der Waals surface area (Å²) in [6.45, 7) is -0.525. The van der Waals surface area contributed by atoms with Crippen LogP contribution in [-0.2, 0) is 9.53 Å². The van der Waals surface area contributed by atoms with Gasteiger partial charge in [0.05, 0.1) is 10.8 Å². The summed E-state index contributed by atoms with van der Waals surface area (Å²) in [6.07, 6.45) is 0. The second-order valence-corrected chi connectivity index (χ2v) is 8.09. The third-order valence-electron chi connectivity index (χ3n) is 4.18. The molecule has 0 bridgehead atoms. The van der Waals surface area contributed by atoms with Gasteiger partial charge in [-0.3, -0.25) is 9.69 Å². The van der Waals surface area contributed by atoms with E-state index < -0.39 is 18.5 Å². The number of carbonyl (C=O) groups excluding carboxylic acids is 2. The minimum Gasteiger partial charge on any atom is -0.451 e. The van der Waals surface area contributed by atoms with Crippen LogP contribution < -0.4 is 4.90 Å². The lowest BCUT2D eigenvalue weighted by Gasteiger charge is -2.19. The molecule has 0 aliphatic rings. The fraction of sp³-hybridized carbons (Fsp3) is 0.0952. The fourth-order valence-corrected chi connectivity index (χ4v) is 5.30. The molecule has 5 nitrogen and oxygen atoms in total. The number of benzene rings is 2. The summed E-state index contributed by atoms with van der Waals surface area (Å²) in [5.74, 6) is -0.972. The van der Waals surface area contributed by atoms with Crippen molar-refractivity contribution in [2.45, 2.75) is 0 Å². The first kappa shape index (κ1) is 18.2. The molecule has 7 heteroatoms. The number of fused-ring (bicyclic) bond motifs is 3. The number of thiophene rings is 2. The number of nitriles is 1. The van der Waals surface area contributed by atoms with Crippen LogP contribution in [0.2, 0.25) is 0 Å². The standard InChI is InChI=1S/C21H14N2O3S2/c22-10-11-23(14-6-2-1-3-7-14)19(24)13-26-21(25)18-12-17-20(28-18)15-8-4-5-9-16(15)27-17/h1-9,12H,11,13H2. The van der Waals surface area contributed by atoms with Crippen LogP contribution in [0.15, 0.2) is 60.7 Å². The van der Waals surface area contributed by atoms with Crippen molar-refractivity contribution in [2.24, 2.45) is 0 Å². The van der Waals surface area contributed by atoms with E-state index >= 15 is 0 Å². The monoisotopic (exact) mass is 406 g/mol. The van der Waals surface area contributed by atoms with Crippen molar-refractivity contribution in [3.05, 3.63) is 65.5 Å². The number of carbonyl (C=O) groups is 2. The molecule has 0 aliphatic carbocycles. The highest BCUT2D eigenvalue weighted by atomic mass is 32.1. The zero-order chi connectivity index (χ0) is 19.5. The van der Waals surface area contributed by atoms with Crippen molar-refractivity contribution in [1.29, 1.82) is 5.26 Å². The number of hydrogen-bond donors (Lipinski definition) is 0. The summed E-state index contributed by atoms with van der Waals surface area (Å²) in [7, 11) is 0. The van der Waals surface area contributed by atoms with Gasteiger partial charge in [0.1, 0.15) is 11.4 Å². The van der Waals surface area contributed by atoms with Gasteiger partial charge < -0.3 is 4.74 Å². The average molecular weight is 406 g/mol. The molecule has 0 aliphatic heterocycles. The van der Waals surface area contributed by atoms with Crippen molar-refractivity contribution >= 4 is 59.7 Å². The van der Waals surface area contributed by atoms with Crippen LogP contribution >= 0.6 is 22.7 Å². The van der Waals surface area contributed by atoms with Crippen LogP contribution in [0, 0.1) is 11.3 Å². The Kier molecular flexibility index (Phi) is 5.06. The molecule has 2 aromatic heterocycles. The van der Waals surface area contributed by atoms with Crippen LogP contribution in [0.5, 0.6) is 0 Å². The van der Waals surface area contributed by atoms with Crippen molar-refractivity contribution in [2.75, 3.05) is 18.1 Å². The topological polar surface area (TPSA) is 70.4 Å². The van der Waals surface area contributed by atoms with Gasteiger partial charge in [-0.2, -0.15) is 5.26 Å². The predicted molar refractivity (Wildman–Crippen MR) is 112 cm³/mol. The smallest absolute Gasteiger partial charge is 0.348 e. The van der Waals surface area contributed by atoms with Crippen molar-refractivity contribution in [1.82, 2.24) is 0 Å². The SMILES string of the molecule is N#CCN(C(=O)COC(=O)c1cc2sc3ccccc3c2s1)c1ccccc1. The molecule has 1 amide bonds. The largest absolute Gasteiger partial charge is 0.451 e. The number of nitrogens with zero attached hydrogens (tertiary/aromatic N) is 2. The van der Waals surface area contributed by atoms with E-state index in [1.54, 1.807) is 35.6 Å². The van der Waals surface area contributed by atoms with Gasteiger partial charge in [0, 0.05) is 20.5 Å². The van der Waals surface area contributed by atoms with E-state index in [2.05, 4.69) is 6.07 Å². The lowest BCUT2D eigenvalue weighted by atomic mass is 10.2. The highest BCUT2D eigenvalue weighted by molar-refractivity contribution is 7.33. The Morgan fingerprint density at radius 2 is 1.75 bits per heavy atom. The third-order valence-corrected chi connectivity index (χ3v) is 6.57. The molecule has 2 aromatic carbocycles. The van der Waals surface area contributed by atoms with E-state index in [0.717, 1.165) is 14.8 Å². The van der Waals surface area contributed by atoms with Crippen molar-refractivity contribution in [3.8, 4) is 6.07 Å². The first-order chi connectivity index (χ1) is 13.7. The number of amides is 1. The third kappa shape index (κ3) is 3.48. The number of rotatable bonds is 5. The van der Waals surface area contributed by atoms with Crippen LogP contribution in [0.1, 0.15) is 9.67 Å². The Morgan fingerprint density at radius 3 is 2.54 bits per heavy atom. The maximum absolute atomic E-state index is 12.5. The van der Waals surface area contributed by atoms with Gasteiger partial charge in [0.15, 0.2) is 6.61 Å². The van der Waals surface area contributed by atoms with Crippen LogP contribution in [0.4, 0.5) is 5.69 Å². The molecular weight excluding hydrogens is 392 g/mol. The summed E-state index contributed by atoms with van der Waals surface area (Å²) in [6, 6.07) is 20.7. The number of ether oxygens (including phenoxy) is 1. The van der Waals surface area contributed by atoms with Gasteiger partial charge in [0.2, 0.25) is 0 Å². The second kappa shape index (κ2) is 7.80. The van der Waals surface area contributed by atoms with E-state index in [1.165, 1.54) is 20.9 Å². The molecule has 0 atom stereocenters. The van der Waals surface area contributed by atoms with Crippen molar-refractivity contribution in [3.63, 3.8) is 0 Å². The van der Waals surface area contributed by atoms with Gasteiger partial charge in [-0.25, -0.2) is 4.79 Å². The van der Waals surface area contributed by atoms with E-state index in [4.69, 9.17) is 10.00 Å². The number of para-hydroxylation sites is 1. The molecule has 0 fully saturated rings. The normalized spacial score (nSPS) is 10.7. The number of anilines is 1. The molecule has 0 unspecified atom stereocenters. The Hall–Kier alpha value is -3.21. The van der Waals surface area contributed by atoms with Crippen LogP contribution in [0.25, 0.3) is 19.5 Å². The van der Waals surface area contributed by atoms with Gasteiger partial charge >= 0.3 is 5.97 Å². The van der Waals surface area contributed by atoms with E-state index in [0.29, 0.717) is 10.6 Å². The second-order valence-electron chi connectivity index (χ2n) is 5.95. The Balaban J connectivity index is 1.48. The summed E-state index contributed by atoms with van der Waals surface area (Å²) in [5, 5.41) is 10.1. The quantitative estimate of drug-likeness (QED) is 0.352. The maximum Gasteiger partial charge on any atom is 0.348 e. The molecule has 0 spiro atoms. The summed E-state index contributed by atoms with van der Waals surface area (Å²) < 4.78 is 8.48. The molecule has 2 heterocycles. The van der Waals surface area contributed by atoms with Crippen LogP contribution in [0.3, 0.4) is 0 Å². The predicted octanol–water partition coefficient (Wildman–Crippen LogP) is 4.83. The van der Waals surface area contributed by atoms with E-state index in [9.17, 15) is 9.59 Å². The molecule has 0 saturated carbocycles. The Labute approximate surface area is 169 Å². The highest BCUT2D eigenvalue weighted by Crippen LogP contribution is 2.39. The zero-order valence-corrected chi connectivity index (χ0v) is 16.3. The summed E-state index contributed by atoms with van der Waals surface area (Å²) in [4.78, 5) is 26.7. The number of hydrogen-bond acceptors (Lipinski definition) is 6. The Morgan fingerprint density at radius 1 is 1.00 bits per heavy atom. The Bertz CT molecular complexity index is 1200. The van der Waals surface area contributed by atoms with Gasteiger partial charge in [0.25, 0.3) is 5.91 Å². The van der Waals surface area contributed by atoms with E-state index in [1.807, 2.05) is 36.4 Å². The minimum atomic E-state index is -0.532. The minimum absolute atomic E-state index is 0.110. The van der Waals surface area contributed by atoms with Crippen LogP contribution in [-0.4, -0.2) is 25.0 Å². The van der Waals surface area contributed by atoms with Gasteiger partial charge in [-0.1, -0.05) is 36.4 Å². The zero-order valence-electron chi connectivity index (χ0n) is 14.6. The molecule has 0 radical (unpaired) electrons. The summed E-state index contributed by atoms with van der Waals surface area (Å²) >= 11 is 2.99. The van der Waals surface area contributed by atoms with Crippen molar-refractivity contribution < 1.29 is 14.3 Å². The lowest BCUT2D eigenvalue weighted by molar-refractivity contribution is -0.121. The average Bonchev–Trinajstić information content (AvgIpc) is 3.29. The lowest BCUT2D eigenvalue weighted by Crippen LogP contribution is -2.35. The summed E-state index contributed by atoms with van der Waals surface area (Å²) in [5.41, 5.74) is 0.591. The molecule has 0 saturated heterocycles. The number of esters is 1. The fourth-order valence-electron chi connectivity index (χ4n) is 2.88. The molecule has 4 aromatic rings. The molecular formula is C21H14N2O3S2.